The summed E-state index contributed by atoms with van der Waals surface area (Å²) in [6, 6.07) is 19.9. The molecule has 1 atom stereocenters. The highest BCUT2D eigenvalue weighted by atomic mass is 35.5. The standard InChI is InChI=1S/C31H38ClN3O4S/c1-6-25-11-8-10-14-29(25)35(40(38,39)27-17-15-23(4)16-18-27)21-30(36)34(20-26-12-7-9-13-28(26)32)24(5)31(37)33-19-22(2)3/h7-18,22,24H,6,19-21H2,1-5H3,(H,33,37)/t24-/m1/s1. The van der Waals surface area contributed by atoms with Crippen LogP contribution in [0.5, 0.6) is 0 Å². The Bertz CT molecular complexity index is 1420. The number of anilines is 1. The van der Waals surface area contributed by atoms with Gasteiger partial charge < -0.3 is 10.2 Å². The maximum Gasteiger partial charge on any atom is 0.264 e. The molecule has 2 amide bonds. The predicted molar refractivity (Wildman–Crippen MR) is 161 cm³/mol. The molecule has 3 aromatic rings. The average Bonchev–Trinajstić information content (AvgIpc) is 2.93. The molecule has 40 heavy (non-hydrogen) atoms. The summed E-state index contributed by atoms with van der Waals surface area (Å²) >= 11 is 6.42. The molecule has 0 aliphatic carbocycles. The van der Waals surface area contributed by atoms with Gasteiger partial charge in [-0.25, -0.2) is 8.42 Å². The summed E-state index contributed by atoms with van der Waals surface area (Å²) in [5.74, 6) is -0.616. The van der Waals surface area contributed by atoms with Gasteiger partial charge in [-0.05, 0) is 61.6 Å². The first-order chi connectivity index (χ1) is 18.9. The number of nitrogens with zero attached hydrogens (tertiary/aromatic N) is 2. The number of hydrogen-bond donors (Lipinski definition) is 1. The summed E-state index contributed by atoms with van der Waals surface area (Å²) in [4.78, 5) is 28.6. The number of hydrogen-bond acceptors (Lipinski definition) is 4. The molecule has 3 rings (SSSR count). The van der Waals surface area contributed by atoms with Gasteiger partial charge in [0.2, 0.25) is 11.8 Å². The Morgan fingerprint density at radius 2 is 1.50 bits per heavy atom. The molecule has 214 valence electrons. The van der Waals surface area contributed by atoms with Gasteiger partial charge in [-0.3, -0.25) is 13.9 Å². The second-order valence-corrected chi connectivity index (χ2v) is 12.5. The van der Waals surface area contributed by atoms with Crippen LogP contribution in [0.1, 0.15) is 44.4 Å². The molecule has 0 unspecified atom stereocenters. The summed E-state index contributed by atoms with van der Waals surface area (Å²) < 4.78 is 29.2. The van der Waals surface area contributed by atoms with Crippen molar-refractivity contribution < 1.29 is 18.0 Å². The van der Waals surface area contributed by atoms with E-state index >= 15 is 0 Å². The van der Waals surface area contributed by atoms with Gasteiger partial charge in [0, 0.05) is 18.1 Å². The Hall–Kier alpha value is -3.36. The number of nitrogens with one attached hydrogen (secondary N) is 1. The molecule has 0 saturated heterocycles. The number of rotatable bonds is 12. The Kier molecular flexibility index (Phi) is 10.8. The lowest BCUT2D eigenvalue weighted by Crippen LogP contribution is -2.51. The predicted octanol–water partition coefficient (Wildman–Crippen LogP) is 5.60. The summed E-state index contributed by atoms with van der Waals surface area (Å²) in [5, 5.41) is 3.34. The minimum absolute atomic E-state index is 0.0443. The van der Waals surface area contributed by atoms with E-state index in [2.05, 4.69) is 5.32 Å². The lowest BCUT2D eigenvalue weighted by atomic mass is 10.1. The van der Waals surface area contributed by atoms with E-state index in [1.807, 2.05) is 39.8 Å². The summed E-state index contributed by atoms with van der Waals surface area (Å²) in [6.45, 7) is 9.43. The van der Waals surface area contributed by atoms with Gasteiger partial charge >= 0.3 is 0 Å². The Balaban J connectivity index is 2.06. The van der Waals surface area contributed by atoms with E-state index in [9.17, 15) is 18.0 Å². The quantitative estimate of drug-likeness (QED) is 0.301. The van der Waals surface area contributed by atoms with Crippen LogP contribution in [0.4, 0.5) is 5.69 Å². The van der Waals surface area contributed by atoms with Crippen molar-refractivity contribution in [2.45, 2.75) is 58.5 Å². The second-order valence-electron chi connectivity index (χ2n) is 10.2. The molecule has 0 aliphatic heterocycles. The monoisotopic (exact) mass is 583 g/mol. The molecule has 0 radical (unpaired) electrons. The summed E-state index contributed by atoms with van der Waals surface area (Å²) in [7, 11) is -4.12. The fraction of sp³-hybridized carbons (Fsp3) is 0.355. The van der Waals surface area contributed by atoms with Crippen LogP contribution in [0.25, 0.3) is 0 Å². The van der Waals surface area contributed by atoms with Gasteiger partial charge in [0.15, 0.2) is 0 Å². The van der Waals surface area contributed by atoms with E-state index in [0.29, 0.717) is 29.2 Å². The summed E-state index contributed by atoms with van der Waals surface area (Å²) in [5.41, 5.74) is 2.78. The van der Waals surface area contributed by atoms with Crippen molar-refractivity contribution in [2.75, 3.05) is 17.4 Å². The minimum Gasteiger partial charge on any atom is -0.354 e. The topological polar surface area (TPSA) is 86.8 Å². The van der Waals surface area contributed by atoms with E-state index in [1.54, 1.807) is 67.6 Å². The van der Waals surface area contributed by atoms with Crippen LogP contribution < -0.4 is 9.62 Å². The number of amides is 2. The van der Waals surface area contributed by atoms with E-state index < -0.39 is 28.5 Å². The van der Waals surface area contributed by atoms with Crippen molar-refractivity contribution in [3.05, 3.63) is 94.5 Å². The van der Waals surface area contributed by atoms with Gasteiger partial charge in [0.05, 0.1) is 10.6 Å². The second kappa shape index (κ2) is 13.8. The Labute approximate surface area is 243 Å². The first kappa shape index (κ1) is 31.2. The number of benzene rings is 3. The van der Waals surface area contributed by atoms with E-state index in [4.69, 9.17) is 11.6 Å². The van der Waals surface area contributed by atoms with Crippen LogP contribution in [0.2, 0.25) is 5.02 Å². The van der Waals surface area contributed by atoms with Crippen molar-refractivity contribution in [3.63, 3.8) is 0 Å². The van der Waals surface area contributed by atoms with E-state index in [1.165, 1.54) is 4.90 Å². The van der Waals surface area contributed by atoms with Crippen LogP contribution in [0.3, 0.4) is 0 Å². The van der Waals surface area contributed by atoms with Crippen molar-refractivity contribution in [1.82, 2.24) is 10.2 Å². The fourth-order valence-corrected chi connectivity index (χ4v) is 5.90. The maximum atomic E-state index is 14.1. The zero-order valence-corrected chi connectivity index (χ0v) is 25.3. The van der Waals surface area contributed by atoms with Crippen molar-refractivity contribution in [3.8, 4) is 0 Å². The third-order valence-electron chi connectivity index (χ3n) is 6.68. The first-order valence-corrected chi connectivity index (χ1v) is 15.2. The summed E-state index contributed by atoms with van der Waals surface area (Å²) in [6.07, 6.45) is 0.571. The molecule has 7 nitrogen and oxygen atoms in total. The van der Waals surface area contributed by atoms with Crippen molar-refractivity contribution in [2.24, 2.45) is 5.92 Å². The van der Waals surface area contributed by atoms with Gasteiger partial charge in [-0.1, -0.05) is 86.5 Å². The molecule has 0 aromatic heterocycles. The normalized spacial score (nSPS) is 12.2. The lowest BCUT2D eigenvalue weighted by Gasteiger charge is -2.33. The Morgan fingerprint density at radius 3 is 2.10 bits per heavy atom. The van der Waals surface area contributed by atoms with Crippen LogP contribution in [0.15, 0.2) is 77.7 Å². The molecule has 1 N–H and O–H groups in total. The average molecular weight is 584 g/mol. The van der Waals surface area contributed by atoms with Crippen LogP contribution in [-0.2, 0) is 32.6 Å². The minimum atomic E-state index is -4.12. The zero-order chi connectivity index (χ0) is 29.4. The molecule has 0 heterocycles. The molecule has 0 bridgehead atoms. The van der Waals surface area contributed by atoms with Gasteiger partial charge in [0.25, 0.3) is 10.0 Å². The van der Waals surface area contributed by atoms with Crippen LogP contribution in [0, 0.1) is 12.8 Å². The molecule has 3 aromatic carbocycles. The highest BCUT2D eigenvalue weighted by Gasteiger charge is 2.33. The van der Waals surface area contributed by atoms with Gasteiger partial charge in [0.1, 0.15) is 12.6 Å². The molecule has 0 saturated carbocycles. The zero-order valence-electron chi connectivity index (χ0n) is 23.7. The number of para-hydroxylation sites is 1. The SMILES string of the molecule is CCc1ccccc1N(CC(=O)N(Cc1ccccc1Cl)[C@H](C)C(=O)NCC(C)C)S(=O)(=O)c1ccc(C)cc1. The molecular formula is C31H38ClN3O4S. The number of sulfonamides is 1. The fourth-order valence-electron chi connectivity index (χ4n) is 4.25. The maximum absolute atomic E-state index is 14.1. The lowest BCUT2D eigenvalue weighted by molar-refractivity contribution is -0.139. The van der Waals surface area contributed by atoms with Crippen molar-refractivity contribution >= 4 is 39.1 Å². The van der Waals surface area contributed by atoms with E-state index in [-0.39, 0.29) is 23.3 Å². The first-order valence-electron chi connectivity index (χ1n) is 13.4. The molecule has 0 aliphatic rings. The Morgan fingerprint density at radius 1 is 0.900 bits per heavy atom. The van der Waals surface area contributed by atoms with Crippen LogP contribution in [-0.4, -0.2) is 44.3 Å². The van der Waals surface area contributed by atoms with E-state index in [0.717, 1.165) is 15.4 Å². The largest absolute Gasteiger partial charge is 0.354 e. The number of carbonyl (C=O) groups is 2. The molecule has 0 spiro atoms. The third kappa shape index (κ3) is 7.64. The highest BCUT2D eigenvalue weighted by molar-refractivity contribution is 7.92. The van der Waals surface area contributed by atoms with Crippen molar-refractivity contribution in [1.29, 1.82) is 0 Å². The smallest absolute Gasteiger partial charge is 0.264 e. The number of carbonyl (C=O) groups excluding carboxylic acids is 2. The van der Waals surface area contributed by atoms with Gasteiger partial charge in [-0.2, -0.15) is 0 Å². The van der Waals surface area contributed by atoms with Gasteiger partial charge in [-0.15, -0.1) is 0 Å². The highest BCUT2D eigenvalue weighted by Crippen LogP contribution is 2.28. The molecule has 9 heteroatoms. The molecular weight excluding hydrogens is 546 g/mol. The molecule has 0 fully saturated rings. The number of aryl methyl sites for hydroxylation is 2. The number of halogens is 1. The van der Waals surface area contributed by atoms with Crippen LogP contribution >= 0.6 is 11.6 Å². The third-order valence-corrected chi connectivity index (χ3v) is 8.82.